The van der Waals surface area contributed by atoms with Crippen LogP contribution in [0.4, 0.5) is 11.8 Å². The van der Waals surface area contributed by atoms with Crippen molar-refractivity contribution in [2.45, 2.75) is 19.5 Å². The average Bonchev–Trinajstić information content (AvgIpc) is 2.95. The summed E-state index contributed by atoms with van der Waals surface area (Å²) in [5, 5.41) is 4.35. The highest BCUT2D eigenvalue weighted by molar-refractivity contribution is 5.90. The largest absolute Gasteiger partial charge is 0.496 e. The summed E-state index contributed by atoms with van der Waals surface area (Å²) >= 11 is 0. The number of morpholine rings is 2. The number of aromatic nitrogens is 3. The second kappa shape index (κ2) is 12.0. The van der Waals surface area contributed by atoms with Gasteiger partial charge in [0.15, 0.2) is 5.65 Å². The molecule has 198 valence electrons. The van der Waals surface area contributed by atoms with Crippen LogP contribution in [0.1, 0.15) is 12.5 Å². The Morgan fingerprint density at radius 1 is 1.00 bits per heavy atom. The zero-order valence-electron chi connectivity index (χ0n) is 21.9. The van der Waals surface area contributed by atoms with Crippen LogP contribution in [-0.4, -0.2) is 94.4 Å². The molecule has 2 fully saturated rings. The SMILES string of the molecule is COCCNCc1cc(-c2ccc3c(N4CCOCC4)nc(N4CCOC[C@@H]4C)nc3n2)ccc1OC. The van der Waals surface area contributed by atoms with E-state index in [9.17, 15) is 0 Å². The summed E-state index contributed by atoms with van der Waals surface area (Å²) in [7, 11) is 3.40. The molecular weight excluding hydrogens is 472 g/mol. The van der Waals surface area contributed by atoms with Gasteiger partial charge in [0.1, 0.15) is 11.6 Å². The Balaban J connectivity index is 1.53. The molecule has 3 aromatic rings. The van der Waals surface area contributed by atoms with Crippen LogP contribution in [0.15, 0.2) is 30.3 Å². The summed E-state index contributed by atoms with van der Waals surface area (Å²) in [6, 6.07) is 10.5. The van der Waals surface area contributed by atoms with Gasteiger partial charge in [-0.05, 0) is 37.3 Å². The highest BCUT2D eigenvalue weighted by Crippen LogP contribution is 2.31. The van der Waals surface area contributed by atoms with Crippen molar-refractivity contribution in [3.63, 3.8) is 0 Å². The number of hydrogen-bond donors (Lipinski definition) is 1. The van der Waals surface area contributed by atoms with Crippen LogP contribution in [0.3, 0.4) is 0 Å². The number of hydrogen-bond acceptors (Lipinski definition) is 10. The number of fused-ring (bicyclic) bond motifs is 1. The lowest BCUT2D eigenvalue weighted by Crippen LogP contribution is -2.45. The lowest BCUT2D eigenvalue weighted by molar-refractivity contribution is 0.0981. The van der Waals surface area contributed by atoms with Gasteiger partial charge in [-0.3, -0.25) is 0 Å². The van der Waals surface area contributed by atoms with Gasteiger partial charge in [0.2, 0.25) is 5.95 Å². The van der Waals surface area contributed by atoms with E-state index in [0.717, 1.165) is 60.0 Å². The molecule has 2 aromatic heterocycles. The van der Waals surface area contributed by atoms with Crippen LogP contribution >= 0.6 is 0 Å². The quantitative estimate of drug-likeness (QED) is 0.435. The minimum atomic E-state index is 0.196. The molecule has 0 spiro atoms. The molecule has 10 heteroatoms. The lowest BCUT2D eigenvalue weighted by Gasteiger charge is -2.34. The molecule has 0 saturated carbocycles. The van der Waals surface area contributed by atoms with E-state index in [1.807, 2.05) is 12.1 Å². The fraction of sp³-hybridized carbons (Fsp3) is 0.519. The first-order chi connectivity index (χ1) is 18.2. The minimum absolute atomic E-state index is 0.196. The maximum Gasteiger partial charge on any atom is 0.229 e. The van der Waals surface area contributed by atoms with E-state index in [1.54, 1.807) is 14.2 Å². The molecule has 2 aliphatic heterocycles. The summed E-state index contributed by atoms with van der Waals surface area (Å²) in [5.74, 6) is 2.46. The van der Waals surface area contributed by atoms with Gasteiger partial charge in [0.05, 0.1) is 57.3 Å². The van der Waals surface area contributed by atoms with Crippen molar-refractivity contribution in [2.24, 2.45) is 0 Å². The number of benzene rings is 1. The molecule has 0 bridgehead atoms. The average molecular weight is 509 g/mol. The van der Waals surface area contributed by atoms with Crippen LogP contribution in [0.5, 0.6) is 5.75 Å². The Kier molecular flexibility index (Phi) is 8.30. The molecule has 37 heavy (non-hydrogen) atoms. The second-order valence-corrected chi connectivity index (χ2v) is 9.33. The van der Waals surface area contributed by atoms with Crippen molar-refractivity contribution < 1.29 is 18.9 Å². The summed E-state index contributed by atoms with van der Waals surface area (Å²) in [6.07, 6.45) is 0. The summed E-state index contributed by atoms with van der Waals surface area (Å²) < 4.78 is 22.0. The van der Waals surface area contributed by atoms with Crippen molar-refractivity contribution in [3.8, 4) is 17.0 Å². The Morgan fingerprint density at radius 3 is 2.62 bits per heavy atom. The topological polar surface area (TPSA) is 94.1 Å². The van der Waals surface area contributed by atoms with Gasteiger partial charge >= 0.3 is 0 Å². The number of ether oxygens (including phenoxy) is 4. The standard InChI is InChI=1S/C27H36N6O4/c1-19-18-37-15-11-33(19)27-30-25-22(26(31-27)32-9-13-36-14-10-32)5-6-23(29-25)20-4-7-24(35-3)21(16-20)17-28-8-12-34-2/h4-7,16,19,28H,8-15,17-18H2,1-3H3/t19-/m0/s1. The maximum atomic E-state index is 5.65. The van der Waals surface area contributed by atoms with Crippen LogP contribution in [-0.2, 0) is 20.8 Å². The van der Waals surface area contributed by atoms with E-state index in [1.165, 1.54) is 0 Å². The third-order valence-electron chi connectivity index (χ3n) is 6.84. The van der Waals surface area contributed by atoms with Crippen molar-refractivity contribution in [1.29, 1.82) is 0 Å². The Bertz CT molecular complexity index is 1200. The van der Waals surface area contributed by atoms with Gasteiger partial charge in [0.25, 0.3) is 0 Å². The smallest absolute Gasteiger partial charge is 0.229 e. The predicted octanol–water partition coefficient (Wildman–Crippen LogP) is 2.50. The molecule has 1 aromatic carbocycles. The number of nitrogens with zero attached hydrogens (tertiary/aromatic N) is 5. The third-order valence-corrected chi connectivity index (χ3v) is 6.84. The van der Waals surface area contributed by atoms with Crippen molar-refractivity contribution >= 4 is 22.8 Å². The van der Waals surface area contributed by atoms with Crippen LogP contribution in [0, 0.1) is 0 Å². The molecule has 2 saturated heterocycles. The summed E-state index contributed by atoms with van der Waals surface area (Å²) in [6.45, 7) is 9.29. The zero-order valence-corrected chi connectivity index (χ0v) is 21.9. The van der Waals surface area contributed by atoms with Gasteiger partial charge in [-0.15, -0.1) is 0 Å². The van der Waals surface area contributed by atoms with Gasteiger partial charge < -0.3 is 34.1 Å². The number of nitrogens with one attached hydrogen (secondary N) is 1. The summed E-state index contributed by atoms with van der Waals surface area (Å²) in [5.41, 5.74) is 3.63. The normalized spacial score (nSPS) is 18.4. The lowest BCUT2D eigenvalue weighted by atomic mass is 10.1. The molecule has 0 unspecified atom stereocenters. The first-order valence-corrected chi connectivity index (χ1v) is 12.9. The first-order valence-electron chi connectivity index (χ1n) is 12.9. The summed E-state index contributed by atoms with van der Waals surface area (Å²) in [4.78, 5) is 19.5. The second-order valence-electron chi connectivity index (χ2n) is 9.33. The third kappa shape index (κ3) is 5.77. The highest BCUT2D eigenvalue weighted by atomic mass is 16.5. The van der Waals surface area contributed by atoms with E-state index in [-0.39, 0.29) is 6.04 Å². The highest BCUT2D eigenvalue weighted by Gasteiger charge is 2.25. The first kappa shape index (κ1) is 25.6. The van der Waals surface area contributed by atoms with E-state index in [0.29, 0.717) is 51.2 Å². The molecule has 0 aliphatic carbocycles. The predicted molar refractivity (Wildman–Crippen MR) is 144 cm³/mol. The molecule has 1 N–H and O–H groups in total. The monoisotopic (exact) mass is 508 g/mol. The van der Waals surface area contributed by atoms with Gasteiger partial charge in [-0.25, -0.2) is 4.98 Å². The van der Waals surface area contributed by atoms with Crippen LogP contribution < -0.4 is 19.9 Å². The molecule has 10 nitrogen and oxygen atoms in total. The van der Waals surface area contributed by atoms with E-state index in [2.05, 4.69) is 40.2 Å². The Hall–Kier alpha value is -3.05. The van der Waals surface area contributed by atoms with Gasteiger partial charge in [-0.1, -0.05) is 0 Å². The van der Waals surface area contributed by atoms with E-state index >= 15 is 0 Å². The molecular formula is C27H36N6O4. The molecule has 0 radical (unpaired) electrons. The van der Waals surface area contributed by atoms with Crippen molar-refractivity contribution in [2.75, 3.05) is 83.2 Å². The van der Waals surface area contributed by atoms with Gasteiger partial charge in [-0.2, -0.15) is 9.97 Å². The fourth-order valence-electron chi connectivity index (χ4n) is 4.79. The number of rotatable bonds is 9. The number of methoxy groups -OCH3 is 2. The van der Waals surface area contributed by atoms with Crippen molar-refractivity contribution in [1.82, 2.24) is 20.3 Å². The van der Waals surface area contributed by atoms with Crippen molar-refractivity contribution in [3.05, 3.63) is 35.9 Å². The van der Waals surface area contributed by atoms with Crippen LogP contribution in [0.25, 0.3) is 22.3 Å². The van der Waals surface area contributed by atoms with Gasteiger partial charge in [0, 0.05) is 51.0 Å². The molecule has 5 rings (SSSR count). The maximum absolute atomic E-state index is 5.65. The zero-order chi connectivity index (χ0) is 25.6. The number of anilines is 2. The molecule has 2 aliphatic rings. The molecule has 0 amide bonds. The Morgan fingerprint density at radius 2 is 1.84 bits per heavy atom. The van der Waals surface area contributed by atoms with Crippen LogP contribution in [0.2, 0.25) is 0 Å². The Labute approximate surface area is 217 Å². The fourth-order valence-corrected chi connectivity index (χ4v) is 4.79. The van der Waals surface area contributed by atoms with E-state index < -0.39 is 0 Å². The number of pyridine rings is 1. The molecule has 1 atom stereocenters. The van der Waals surface area contributed by atoms with E-state index in [4.69, 9.17) is 33.9 Å². The molecule has 4 heterocycles. The minimum Gasteiger partial charge on any atom is -0.496 e.